The molecule has 1 aliphatic heterocycles. The van der Waals surface area contributed by atoms with Crippen molar-refractivity contribution >= 4 is 5.91 Å². The third-order valence-corrected chi connectivity index (χ3v) is 4.41. The van der Waals surface area contributed by atoms with E-state index in [1.165, 1.54) is 38.6 Å². The molecule has 17 heavy (non-hydrogen) atoms. The van der Waals surface area contributed by atoms with Gasteiger partial charge in [-0.05, 0) is 44.6 Å². The minimum absolute atomic E-state index is 0.0869. The Morgan fingerprint density at radius 3 is 2.76 bits per heavy atom. The Kier molecular flexibility index (Phi) is 4.43. The summed E-state index contributed by atoms with van der Waals surface area (Å²) in [6.07, 6.45) is 8.09. The second-order valence-electron chi connectivity index (χ2n) is 5.98. The van der Waals surface area contributed by atoms with Crippen LogP contribution >= 0.6 is 0 Å². The van der Waals surface area contributed by atoms with Gasteiger partial charge in [0.05, 0.1) is 0 Å². The molecule has 1 aliphatic carbocycles. The Balaban J connectivity index is 1.77. The Morgan fingerprint density at radius 1 is 1.35 bits per heavy atom. The molecule has 1 saturated carbocycles. The van der Waals surface area contributed by atoms with Gasteiger partial charge in [0, 0.05) is 19.0 Å². The predicted molar refractivity (Wildman–Crippen MR) is 69.8 cm³/mol. The molecule has 2 fully saturated rings. The molecule has 0 aromatic rings. The van der Waals surface area contributed by atoms with E-state index in [0.29, 0.717) is 12.1 Å². The van der Waals surface area contributed by atoms with Gasteiger partial charge in [0.1, 0.15) is 0 Å². The van der Waals surface area contributed by atoms with Crippen molar-refractivity contribution in [3.63, 3.8) is 0 Å². The molecule has 0 spiro atoms. The van der Waals surface area contributed by atoms with E-state index >= 15 is 0 Å². The Labute approximate surface area is 105 Å². The molecule has 1 saturated heterocycles. The molecule has 2 N–H and O–H groups in total. The molecule has 0 radical (unpaired) electrons. The Bertz CT molecular complexity index is 267. The minimum Gasteiger partial charge on any atom is -0.354 e. The average Bonchev–Trinajstić information content (AvgIpc) is 2.27. The number of fused-ring (bicyclic) bond motifs is 1. The highest BCUT2D eigenvalue weighted by Gasteiger charge is 2.32. The molecule has 2 aliphatic rings. The van der Waals surface area contributed by atoms with Crippen LogP contribution in [0.5, 0.6) is 0 Å². The zero-order valence-corrected chi connectivity index (χ0v) is 11.2. The molecular weight excluding hydrogens is 212 g/mol. The number of piperidine rings is 1. The fraction of sp³-hybridized carbons (Fsp3) is 0.929. The molecule has 1 amide bonds. The molecule has 3 heteroatoms. The second-order valence-corrected chi connectivity index (χ2v) is 5.98. The fourth-order valence-electron chi connectivity index (χ4n) is 3.64. The monoisotopic (exact) mass is 238 g/mol. The summed E-state index contributed by atoms with van der Waals surface area (Å²) in [6, 6.07) is 0.904. The predicted octanol–water partition coefficient (Wildman–Crippen LogP) is 2.07. The summed E-state index contributed by atoms with van der Waals surface area (Å²) in [5.74, 6) is 1.96. The van der Waals surface area contributed by atoms with Crippen molar-refractivity contribution in [3.8, 4) is 0 Å². The van der Waals surface area contributed by atoms with Gasteiger partial charge in [-0.2, -0.15) is 0 Å². The summed E-state index contributed by atoms with van der Waals surface area (Å²) in [5, 5.41) is 6.65. The van der Waals surface area contributed by atoms with Crippen LogP contribution in [0.2, 0.25) is 0 Å². The number of hydrogen-bond donors (Lipinski definition) is 2. The first-order valence-electron chi connectivity index (χ1n) is 7.15. The second kappa shape index (κ2) is 5.85. The van der Waals surface area contributed by atoms with Crippen LogP contribution in [0.3, 0.4) is 0 Å². The van der Waals surface area contributed by atoms with Crippen LogP contribution in [0.4, 0.5) is 0 Å². The molecule has 0 aromatic heterocycles. The number of amides is 1. The molecule has 1 heterocycles. The van der Waals surface area contributed by atoms with E-state index in [0.717, 1.165) is 18.3 Å². The third-order valence-electron chi connectivity index (χ3n) is 4.41. The lowest BCUT2D eigenvalue weighted by Crippen LogP contribution is -2.47. The highest BCUT2D eigenvalue weighted by molar-refractivity contribution is 5.73. The normalized spacial score (nSPS) is 34.8. The topological polar surface area (TPSA) is 41.1 Å². The van der Waals surface area contributed by atoms with Crippen molar-refractivity contribution in [2.75, 3.05) is 6.54 Å². The molecule has 4 atom stereocenters. The van der Waals surface area contributed by atoms with E-state index in [4.69, 9.17) is 0 Å². The molecule has 3 nitrogen and oxygen atoms in total. The van der Waals surface area contributed by atoms with Gasteiger partial charge >= 0.3 is 0 Å². The summed E-state index contributed by atoms with van der Waals surface area (Å²) in [4.78, 5) is 11.0. The minimum atomic E-state index is 0.0869. The SMILES string of the molecule is CC(=O)N[C@@H](C)CC1CC2CCCCC2CN1. The zero-order chi connectivity index (χ0) is 12.3. The van der Waals surface area contributed by atoms with Gasteiger partial charge in [0.25, 0.3) is 0 Å². The molecular formula is C14H26N2O. The quantitative estimate of drug-likeness (QED) is 0.790. The van der Waals surface area contributed by atoms with Crippen molar-refractivity contribution in [1.29, 1.82) is 0 Å². The summed E-state index contributed by atoms with van der Waals surface area (Å²) < 4.78 is 0. The van der Waals surface area contributed by atoms with Gasteiger partial charge in [-0.1, -0.05) is 19.3 Å². The summed E-state index contributed by atoms with van der Waals surface area (Å²) in [6.45, 7) is 4.90. The highest BCUT2D eigenvalue weighted by Crippen LogP contribution is 2.36. The molecule has 0 aromatic carbocycles. The number of carbonyl (C=O) groups is 1. The van der Waals surface area contributed by atoms with E-state index in [1.807, 2.05) is 0 Å². The Morgan fingerprint density at radius 2 is 2.06 bits per heavy atom. The van der Waals surface area contributed by atoms with Crippen molar-refractivity contribution in [3.05, 3.63) is 0 Å². The summed E-state index contributed by atoms with van der Waals surface area (Å²) in [7, 11) is 0. The van der Waals surface area contributed by atoms with Gasteiger partial charge in [0.2, 0.25) is 5.91 Å². The maximum absolute atomic E-state index is 11.0. The number of hydrogen-bond acceptors (Lipinski definition) is 2. The summed E-state index contributed by atoms with van der Waals surface area (Å²) >= 11 is 0. The standard InChI is InChI=1S/C14H26N2O/c1-10(16-11(2)17)7-14-8-12-5-3-4-6-13(12)9-15-14/h10,12-15H,3-9H2,1-2H3,(H,16,17)/t10-,12?,13?,14?/m0/s1. The Hall–Kier alpha value is -0.570. The van der Waals surface area contributed by atoms with Crippen LogP contribution in [0.1, 0.15) is 52.4 Å². The largest absolute Gasteiger partial charge is 0.354 e. The van der Waals surface area contributed by atoms with Crippen LogP contribution in [0.15, 0.2) is 0 Å². The van der Waals surface area contributed by atoms with Crippen molar-refractivity contribution in [1.82, 2.24) is 10.6 Å². The lowest BCUT2D eigenvalue weighted by atomic mass is 9.73. The molecule has 0 bridgehead atoms. The van der Waals surface area contributed by atoms with Crippen LogP contribution < -0.4 is 10.6 Å². The van der Waals surface area contributed by atoms with E-state index in [-0.39, 0.29) is 5.91 Å². The first-order valence-corrected chi connectivity index (χ1v) is 7.15. The van der Waals surface area contributed by atoms with E-state index in [1.54, 1.807) is 6.92 Å². The smallest absolute Gasteiger partial charge is 0.217 e. The molecule has 98 valence electrons. The van der Waals surface area contributed by atoms with Crippen LogP contribution in [-0.4, -0.2) is 24.5 Å². The average molecular weight is 238 g/mol. The van der Waals surface area contributed by atoms with Gasteiger partial charge < -0.3 is 10.6 Å². The van der Waals surface area contributed by atoms with Crippen molar-refractivity contribution in [2.24, 2.45) is 11.8 Å². The number of carbonyl (C=O) groups excluding carboxylic acids is 1. The maximum atomic E-state index is 11.0. The van der Waals surface area contributed by atoms with Gasteiger partial charge in [-0.15, -0.1) is 0 Å². The lowest BCUT2D eigenvalue weighted by molar-refractivity contribution is -0.119. The fourth-order valence-corrected chi connectivity index (χ4v) is 3.64. The first-order chi connectivity index (χ1) is 8.15. The number of nitrogens with one attached hydrogen (secondary N) is 2. The third kappa shape index (κ3) is 3.70. The maximum Gasteiger partial charge on any atom is 0.217 e. The lowest BCUT2D eigenvalue weighted by Gasteiger charge is -2.40. The van der Waals surface area contributed by atoms with Gasteiger partial charge in [-0.25, -0.2) is 0 Å². The highest BCUT2D eigenvalue weighted by atomic mass is 16.1. The summed E-state index contributed by atoms with van der Waals surface area (Å²) in [5.41, 5.74) is 0. The number of rotatable bonds is 3. The van der Waals surface area contributed by atoms with E-state index in [2.05, 4.69) is 17.6 Å². The zero-order valence-electron chi connectivity index (χ0n) is 11.2. The van der Waals surface area contributed by atoms with Gasteiger partial charge in [0.15, 0.2) is 0 Å². The van der Waals surface area contributed by atoms with E-state index < -0.39 is 0 Å². The van der Waals surface area contributed by atoms with Gasteiger partial charge in [-0.3, -0.25) is 4.79 Å². The van der Waals surface area contributed by atoms with Crippen LogP contribution in [-0.2, 0) is 4.79 Å². The van der Waals surface area contributed by atoms with Crippen molar-refractivity contribution in [2.45, 2.75) is 64.5 Å². The van der Waals surface area contributed by atoms with Crippen molar-refractivity contribution < 1.29 is 4.79 Å². The van der Waals surface area contributed by atoms with E-state index in [9.17, 15) is 4.79 Å². The van der Waals surface area contributed by atoms with Crippen LogP contribution in [0, 0.1) is 11.8 Å². The molecule has 3 unspecified atom stereocenters. The van der Waals surface area contributed by atoms with Crippen LogP contribution in [0.25, 0.3) is 0 Å². The molecule has 2 rings (SSSR count). The first kappa shape index (κ1) is 12.9.